The van der Waals surface area contributed by atoms with Crippen LogP contribution in [-0.4, -0.2) is 0 Å². The van der Waals surface area contributed by atoms with Crippen LogP contribution in [0.15, 0.2) is 24.8 Å². The van der Waals surface area contributed by atoms with E-state index in [0.29, 0.717) is 0 Å². The molecular weight excluding hydrogens is 180 g/mol. The van der Waals surface area contributed by atoms with Crippen LogP contribution in [0.4, 0.5) is 0 Å². The maximum atomic E-state index is 3.86. The van der Waals surface area contributed by atoms with Gasteiger partial charge in [-0.15, -0.1) is 6.58 Å². The van der Waals surface area contributed by atoms with Crippen molar-refractivity contribution in [2.24, 2.45) is 17.8 Å². The minimum Gasteiger partial charge on any atom is -0.103 e. The Kier molecular flexibility index (Phi) is 5.14. The van der Waals surface area contributed by atoms with E-state index in [1.165, 1.54) is 44.1 Å². The second-order valence-corrected chi connectivity index (χ2v) is 5.17. The molecule has 0 radical (unpaired) electrons. The highest BCUT2D eigenvalue weighted by atomic mass is 14.3. The molecular formula is C15H26. The van der Waals surface area contributed by atoms with Crippen LogP contribution in [-0.2, 0) is 0 Å². The molecule has 2 aliphatic carbocycles. The van der Waals surface area contributed by atoms with Gasteiger partial charge in [0.1, 0.15) is 0 Å². The maximum Gasteiger partial charge on any atom is -0.0231 e. The molecule has 2 saturated carbocycles. The first-order valence-electron chi connectivity index (χ1n) is 6.48. The van der Waals surface area contributed by atoms with Gasteiger partial charge in [-0.3, -0.25) is 0 Å². The molecule has 0 N–H and O–H groups in total. The molecule has 2 rings (SSSR count). The topological polar surface area (TPSA) is 0 Å². The number of allylic oxidation sites excluding steroid dienone is 2. The van der Waals surface area contributed by atoms with E-state index in [9.17, 15) is 0 Å². The van der Waals surface area contributed by atoms with Crippen molar-refractivity contribution in [1.29, 1.82) is 0 Å². The quantitative estimate of drug-likeness (QED) is 0.572. The summed E-state index contributed by atoms with van der Waals surface area (Å²) >= 11 is 0. The van der Waals surface area contributed by atoms with Gasteiger partial charge in [-0.2, -0.15) is 0 Å². The van der Waals surface area contributed by atoms with Crippen molar-refractivity contribution >= 4 is 0 Å². The van der Waals surface area contributed by atoms with Gasteiger partial charge in [0.15, 0.2) is 0 Å². The summed E-state index contributed by atoms with van der Waals surface area (Å²) < 4.78 is 0. The monoisotopic (exact) mass is 206 g/mol. The zero-order valence-corrected chi connectivity index (χ0v) is 10.5. The average molecular weight is 206 g/mol. The minimum atomic E-state index is 0.861. The van der Waals surface area contributed by atoms with E-state index < -0.39 is 0 Å². The Balaban J connectivity index is 0.000000151. The zero-order chi connectivity index (χ0) is 11.3. The lowest BCUT2D eigenvalue weighted by Gasteiger charge is -2.32. The Hall–Kier alpha value is -0.520. The fourth-order valence-electron chi connectivity index (χ4n) is 2.36. The van der Waals surface area contributed by atoms with Crippen LogP contribution in [0.25, 0.3) is 0 Å². The summed E-state index contributed by atoms with van der Waals surface area (Å²) in [7, 11) is 0. The lowest BCUT2D eigenvalue weighted by atomic mass is 9.74. The summed E-state index contributed by atoms with van der Waals surface area (Å²) in [6.45, 7) is 12.1. The number of hydrogen-bond donors (Lipinski definition) is 0. The fraction of sp³-hybridized carbons (Fsp3) is 0.733. The van der Waals surface area contributed by atoms with Crippen molar-refractivity contribution < 1.29 is 0 Å². The molecule has 0 spiro atoms. The zero-order valence-electron chi connectivity index (χ0n) is 10.5. The predicted molar refractivity (Wildman–Crippen MR) is 68.9 cm³/mol. The third-order valence-electron chi connectivity index (χ3n) is 3.91. The van der Waals surface area contributed by atoms with Crippen LogP contribution in [0.2, 0.25) is 0 Å². The van der Waals surface area contributed by atoms with Crippen LogP contribution < -0.4 is 0 Å². The molecule has 0 atom stereocenters. The highest BCUT2D eigenvalue weighted by Gasteiger charge is 2.24. The Morgan fingerprint density at radius 1 is 1.13 bits per heavy atom. The molecule has 0 aromatic carbocycles. The van der Waals surface area contributed by atoms with Gasteiger partial charge in [0.05, 0.1) is 0 Å². The van der Waals surface area contributed by atoms with Crippen molar-refractivity contribution in [3.05, 3.63) is 24.8 Å². The second-order valence-electron chi connectivity index (χ2n) is 5.17. The standard InChI is InChI=1S/C8H14.C7H12/c1-3-7-5-8(4-2)6-7;1-3-7-4-6(2)5-7/h3,7-8H,1,4-6H2,2H3;7H,2-5H2,1H3. The molecule has 2 aliphatic rings. The average Bonchev–Trinajstić information content (AvgIpc) is 2.13. The molecule has 0 bridgehead atoms. The summed E-state index contributed by atoms with van der Waals surface area (Å²) in [4.78, 5) is 0. The molecule has 2 fully saturated rings. The van der Waals surface area contributed by atoms with E-state index in [0.717, 1.165) is 17.8 Å². The van der Waals surface area contributed by atoms with Gasteiger partial charge in [0, 0.05) is 0 Å². The SMILES string of the molecule is C=C1CC(CC)C1.C=CC1CC(CC)C1. The molecule has 15 heavy (non-hydrogen) atoms. The van der Waals surface area contributed by atoms with Gasteiger partial charge in [0.2, 0.25) is 0 Å². The Morgan fingerprint density at radius 2 is 1.67 bits per heavy atom. The van der Waals surface area contributed by atoms with Gasteiger partial charge in [-0.25, -0.2) is 0 Å². The third kappa shape index (κ3) is 3.85. The van der Waals surface area contributed by atoms with Crippen LogP contribution in [0.5, 0.6) is 0 Å². The van der Waals surface area contributed by atoms with E-state index >= 15 is 0 Å². The van der Waals surface area contributed by atoms with E-state index in [1.54, 1.807) is 0 Å². The highest BCUT2D eigenvalue weighted by Crippen LogP contribution is 2.36. The first-order valence-corrected chi connectivity index (χ1v) is 6.48. The first kappa shape index (κ1) is 12.5. The summed E-state index contributed by atoms with van der Waals surface area (Å²) in [5.74, 6) is 2.88. The summed E-state index contributed by atoms with van der Waals surface area (Å²) in [5.41, 5.74) is 1.45. The predicted octanol–water partition coefficient (Wildman–Crippen LogP) is 4.97. The summed E-state index contributed by atoms with van der Waals surface area (Å²) in [6, 6.07) is 0. The third-order valence-corrected chi connectivity index (χ3v) is 3.91. The molecule has 0 aromatic rings. The maximum absolute atomic E-state index is 3.86. The molecule has 86 valence electrons. The van der Waals surface area contributed by atoms with Crippen LogP contribution >= 0.6 is 0 Å². The van der Waals surface area contributed by atoms with E-state index in [4.69, 9.17) is 0 Å². The van der Waals surface area contributed by atoms with Crippen LogP contribution in [0.3, 0.4) is 0 Å². The van der Waals surface area contributed by atoms with Gasteiger partial charge >= 0.3 is 0 Å². The molecule has 0 unspecified atom stereocenters. The molecule has 0 saturated heterocycles. The first-order chi connectivity index (χ1) is 7.19. The lowest BCUT2D eigenvalue weighted by molar-refractivity contribution is 0.233. The summed E-state index contributed by atoms with van der Waals surface area (Å²) in [5, 5.41) is 0. The van der Waals surface area contributed by atoms with E-state index in [1.807, 2.05) is 0 Å². The molecule has 0 heteroatoms. The molecule has 0 aromatic heterocycles. The Morgan fingerprint density at radius 3 is 1.93 bits per heavy atom. The van der Waals surface area contributed by atoms with Crippen LogP contribution in [0.1, 0.15) is 52.4 Å². The Labute approximate surface area is 95.5 Å². The fourth-order valence-corrected chi connectivity index (χ4v) is 2.36. The normalized spacial score (nSPS) is 29.6. The number of hydrogen-bond acceptors (Lipinski definition) is 0. The van der Waals surface area contributed by atoms with Gasteiger partial charge in [0.25, 0.3) is 0 Å². The number of rotatable bonds is 3. The van der Waals surface area contributed by atoms with E-state index in [-0.39, 0.29) is 0 Å². The van der Waals surface area contributed by atoms with Gasteiger partial charge in [-0.05, 0) is 43.4 Å². The largest absolute Gasteiger partial charge is 0.103 e. The molecule has 0 aliphatic heterocycles. The van der Waals surface area contributed by atoms with Crippen molar-refractivity contribution in [1.82, 2.24) is 0 Å². The van der Waals surface area contributed by atoms with Crippen molar-refractivity contribution in [3.63, 3.8) is 0 Å². The van der Waals surface area contributed by atoms with Crippen LogP contribution in [0, 0.1) is 17.8 Å². The molecule has 0 nitrogen and oxygen atoms in total. The lowest BCUT2D eigenvalue weighted by Crippen LogP contribution is -2.20. The minimum absolute atomic E-state index is 0.861. The molecule has 0 heterocycles. The van der Waals surface area contributed by atoms with Gasteiger partial charge < -0.3 is 0 Å². The van der Waals surface area contributed by atoms with E-state index in [2.05, 4.69) is 33.1 Å². The van der Waals surface area contributed by atoms with Crippen molar-refractivity contribution in [2.45, 2.75) is 52.4 Å². The van der Waals surface area contributed by atoms with Crippen molar-refractivity contribution in [3.8, 4) is 0 Å². The highest BCUT2D eigenvalue weighted by molar-refractivity contribution is 5.06. The second kappa shape index (κ2) is 6.15. The smallest absolute Gasteiger partial charge is 0.0231 e. The Bertz CT molecular complexity index is 200. The van der Waals surface area contributed by atoms with Crippen molar-refractivity contribution in [2.75, 3.05) is 0 Å². The van der Waals surface area contributed by atoms with Gasteiger partial charge in [-0.1, -0.05) is 44.9 Å². The summed E-state index contributed by atoms with van der Waals surface area (Å²) in [6.07, 6.45) is 10.2. The molecule has 0 amide bonds.